The van der Waals surface area contributed by atoms with Crippen LogP contribution in [-0.2, 0) is 0 Å². The Bertz CT molecular complexity index is 893. The lowest BCUT2D eigenvalue weighted by Gasteiger charge is -2.28. The van der Waals surface area contributed by atoms with Gasteiger partial charge in [-0.1, -0.05) is 0 Å². The van der Waals surface area contributed by atoms with E-state index >= 15 is 0 Å². The first-order valence-electron chi connectivity index (χ1n) is 9.13. The summed E-state index contributed by atoms with van der Waals surface area (Å²) in [6.07, 6.45) is 10.7. The molecule has 4 rings (SSSR count). The van der Waals surface area contributed by atoms with E-state index in [1.54, 1.807) is 25.7 Å². The second-order valence-electron chi connectivity index (χ2n) is 6.41. The second kappa shape index (κ2) is 12.4. The van der Waals surface area contributed by atoms with Crippen molar-refractivity contribution in [3.63, 3.8) is 0 Å². The van der Waals surface area contributed by atoms with E-state index in [2.05, 4.69) is 36.2 Å². The summed E-state index contributed by atoms with van der Waals surface area (Å²) in [6.45, 7) is 2.20. The molecule has 0 atom stereocenters. The van der Waals surface area contributed by atoms with Gasteiger partial charge < -0.3 is 15.0 Å². The van der Waals surface area contributed by atoms with Crippen LogP contribution in [-0.4, -0.2) is 40.1 Å². The third kappa shape index (κ3) is 6.08. The number of methoxy groups -OCH3 is 1. The van der Waals surface area contributed by atoms with Crippen molar-refractivity contribution in [1.82, 2.24) is 19.9 Å². The lowest BCUT2D eigenvalue weighted by Crippen LogP contribution is -2.29. The van der Waals surface area contributed by atoms with Gasteiger partial charge in [-0.05, 0) is 43.5 Å². The summed E-state index contributed by atoms with van der Waals surface area (Å²) in [5.74, 6) is 1.96. The third-order valence-electron chi connectivity index (χ3n) is 4.62. The van der Waals surface area contributed by atoms with Crippen LogP contribution in [0.25, 0.3) is 11.4 Å². The number of nitrogens with zero attached hydrogens (tertiary/aromatic N) is 5. The zero-order chi connectivity index (χ0) is 18.5. The molecule has 0 aromatic carbocycles. The van der Waals surface area contributed by atoms with Gasteiger partial charge in [0.05, 0.1) is 30.9 Å². The first kappa shape index (κ1) is 25.7. The normalized spacial score (nSPS) is 12.6. The molecule has 0 unspecified atom stereocenters. The van der Waals surface area contributed by atoms with Gasteiger partial charge in [-0.2, -0.15) is 0 Å². The summed E-state index contributed by atoms with van der Waals surface area (Å²) in [7, 11) is 1.62. The van der Waals surface area contributed by atoms with E-state index in [1.807, 2.05) is 24.4 Å². The van der Waals surface area contributed by atoms with Crippen molar-refractivity contribution >= 4 is 54.5 Å². The average molecular weight is 472 g/mol. The highest BCUT2D eigenvalue weighted by atomic mass is 35.5. The Kier molecular flexibility index (Phi) is 10.6. The number of hydrogen-bond donors (Lipinski definition) is 1. The van der Waals surface area contributed by atoms with Gasteiger partial charge in [-0.25, -0.2) is 9.97 Å². The molecule has 4 heterocycles. The van der Waals surface area contributed by atoms with E-state index in [0.717, 1.165) is 30.3 Å². The highest BCUT2D eigenvalue weighted by Gasteiger charge is 2.13. The van der Waals surface area contributed by atoms with Crippen LogP contribution in [0.5, 0.6) is 5.75 Å². The highest BCUT2D eigenvalue weighted by Crippen LogP contribution is 2.28. The number of rotatable bonds is 5. The van der Waals surface area contributed by atoms with Crippen LogP contribution in [0.15, 0.2) is 49.1 Å². The van der Waals surface area contributed by atoms with Crippen molar-refractivity contribution in [3.8, 4) is 17.1 Å². The summed E-state index contributed by atoms with van der Waals surface area (Å²) in [5.41, 5.74) is 2.58. The summed E-state index contributed by atoms with van der Waals surface area (Å²) in [4.78, 5) is 20.0. The predicted octanol–water partition coefficient (Wildman–Crippen LogP) is 4.94. The molecule has 162 valence electrons. The Morgan fingerprint density at radius 2 is 1.67 bits per heavy atom. The minimum absolute atomic E-state index is 0. The quantitative estimate of drug-likeness (QED) is 0.564. The molecule has 7 nitrogen and oxygen atoms in total. The van der Waals surface area contributed by atoms with Gasteiger partial charge in [-0.3, -0.25) is 9.97 Å². The van der Waals surface area contributed by atoms with E-state index in [4.69, 9.17) is 4.74 Å². The summed E-state index contributed by atoms with van der Waals surface area (Å²) < 4.78 is 5.43. The number of piperidine rings is 1. The minimum atomic E-state index is 0. The van der Waals surface area contributed by atoms with Crippen LogP contribution in [0.1, 0.15) is 19.3 Å². The third-order valence-corrected chi connectivity index (χ3v) is 4.62. The van der Waals surface area contributed by atoms with Crippen LogP contribution in [0.4, 0.5) is 17.3 Å². The molecule has 1 fully saturated rings. The largest absolute Gasteiger partial charge is 0.493 e. The fraction of sp³-hybridized carbons (Fsp3) is 0.300. The Balaban J connectivity index is 0.00000150. The van der Waals surface area contributed by atoms with E-state index < -0.39 is 0 Å². The number of halogens is 3. The van der Waals surface area contributed by atoms with Crippen molar-refractivity contribution in [3.05, 3.63) is 49.1 Å². The number of nitrogens with one attached hydrogen (secondary N) is 1. The van der Waals surface area contributed by atoms with Crippen LogP contribution in [0, 0.1) is 0 Å². The van der Waals surface area contributed by atoms with Gasteiger partial charge in [0.25, 0.3) is 0 Å². The molecule has 1 saturated heterocycles. The monoisotopic (exact) mass is 470 g/mol. The second-order valence-corrected chi connectivity index (χ2v) is 6.41. The summed E-state index contributed by atoms with van der Waals surface area (Å²) >= 11 is 0. The van der Waals surface area contributed by atoms with Crippen molar-refractivity contribution in [2.24, 2.45) is 0 Å². The van der Waals surface area contributed by atoms with Crippen LogP contribution < -0.4 is 15.0 Å². The fourth-order valence-corrected chi connectivity index (χ4v) is 3.20. The number of anilines is 3. The maximum absolute atomic E-state index is 5.43. The Labute approximate surface area is 194 Å². The number of aromatic nitrogens is 4. The molecule has 30 heavy (non-hydrogen) atoms. The van der Waals surface area contributed by atoms with Crippen molar-refractivity contribution in [1.29, 1.82) is 0 Å². The van der Waals surface area contributed by atoms with Gasteiger partial charge in [0.2, 0.25) is 0 Å². The summed E-state index contributed by atoms with van der Waals surface area (Å²) in [5, 5.41) is 3.25. The molecule has 3 aromatic rings. The Morgan fingerprint density at radius 1 is 0.867 bits per heavy atom. The first-order valence-corrected chi connectivity index (χ1v) is 9.13. The van der Waals surface area contributed by atoms with Gasteiger partial charge in [0.15, 0.2) is 11.6 Å². The topological polar surface area (TPSA) is 76.1 Å². The molecule has 0 aliphatic carbocycles. The predicted molar refractivity (Wildman–Crippen MR) is 127 cm³/mol. The van der Waals surface area contributed by atoms with Crippen LogP contribution in [0.2, 0.25) is 0 Å². The fourth-order valence-electron chi connectivity index (χ4n) is 3.20. The van der Waals surface area contributed by atoms with Crippen molar-refractivity contribution in [2.75, 3.05) is 30.4 Å². The van der Waals surface area contributed by atoms with Crippen molar-refractivity contribution in [2.45, 2.75) is 19.3 Å². The van der Waals surface area contributed by atoms with Crippen molar-refractivity contribution < 1.29 is 4.74 Å². The molecule has 1 N–H and O–H groups in total. The number of hydrogen-bond acceptors (Lipinski definition) is 7. The maximum Gasteiger partial charge on any atom is 0.175 e. The highest BCUT2D eigenvalue weighted by molar-refractivity contribution is 5.86. The SMILES string of the molecule is COc1ccc(-c2cnccn2)nc1Nc1ccc(N2CCCCC2)cn1.Cl.Cl.Cl. The first-order chi connectivity index (χ1) is 13.3. The lowest BCUT2D eigenvalue weighted by molar-refractivity contribution is 0.415. The zero-order valence-electron chi connectivity index (χ0n) is 16.5. The average Bonchev–Trinajstić information content (AvgIpc) is 2.75. The molecule has 0 saturated carbocycles. The van der Waals surface area contributed by atoms with E-state index in [1.165, 1.54) is 19.3 Å². The molecule has 3 aromatic heterocycles. The summed E-state index contributed by atoms with van der Waals surface area (Å²) in [6, 6.07) is 7.79. The Morgan fingerprint density at radius 3 is 2.30 bits per heavy atom. The maximum atomic E-state index is 5.43. The Hall–Kier alpha value is -2.35. The van der Waals surface area contributed by atoms with Gasteiger partial charge in [0.1, 0.15) is 11.5 Å². The van der Waals surface area contributed by atoms with Gasteiger partial charge in [-0.15, -0.1) is 37.2 Å². The van der Waals surface area contributed by atoms with Crippen LogP contribution in [0.3, 0.4) is 0 Å². The molecular formula is C20H25Cl3N6O. The molecular weight excluding hydrogens is 447 g/mol. The minimum Gasteiger partial charge on any atom is -0.493 e. The molecule has 0 spiro atoms. The standard InChI is InChI=1S/C20H22N6O.3ClH/c1-27-18-7-6-16(17-14-21-9-10-22-17)24-20(18)25-19-8-5-15(13-23-19)26-11-3-2-4-12-26;;;/h5-10,13-14H,2-4,11-12H2,1H3,(H,23,24,25);3*1H. The molecule has 0 bridgehead atoms. The molecule has 0 radical (unpaired) electrons. The smallest absolute Gasteiger partial charge is 0.175 e. The lowest BCUT2D eigenvalue weighted by atomic mass is 10.1. The molecule has 1 aliphatic heterocycles. The van der Waals surface area contributed by atoms with Gasteiger partial charge >= 0.3 is 0 Å². The van der Waals surface area contributed by atoms with E-state index in [9.17, 15) is 0 Å². The van der Waals surface area contributed by atoms with E-state index in [-0.39, 0.29) is 37.2 Å². The molecule has 0 amide bonds. The zero-order valence-corrected chi connectivity index (χ0v) is 19.0. The number of ether oxygens (including phenoxy) is 1. The number of pyridine rings is 2. The van der Waals surface area contributed by atoms with E-state index in [0.29, 0.717) is 17.3 Å². The van der Waals surface area contributed by atoms with Gasteiger partial charge in [0, 0.05) is 25.5 Å². The van der Waals surface area contributed by atoms with Crippen LogP contribution >= 0.6 is 37.2 Å². The molecule has 1 aliphatic rings. The molecule has 10 heteroatoms.